The van der Waals surface area contributed by atoms with Gasteiger partial charge in [-0.15, -0.1) is 11.3 Å². The number of thiazole rings is 1. The Morgan fingerprint density at radius 1 is 1.28 bits per heavy atom. The topological polar surface area (TPSA) is 71.5 Å². The van der Waals surface area contributed by atoms with Gasteiger partial charge >= 0.3 is 0 Å². The van der Waals surface area contributed by atoms with Crippen molar-refractivity contribution < 1.29 is 18.7 Å². The van der Waals surface area contributed by atoms with Gasteiger partial charge in [-0.2, -0.15) is 0 Å². The molecule has 1 aliphatic heterocycles. The molecule has 2 atom stereocenters. The summed E-state index contributed by atoms with van der Waals surface area (Å²) in [5, 5.41) is 4.37. The Bertz CT molecular complexity index is 785. The van der Waals surface area contributed by atoms with Crippen LogP contribution < -0.4 is 5.32 Å². The predicted octanol–water partition coefficient (Wildman–Crippen LogP) is 2.78. The number of carbonyl (C=O) groups is 2. The minimum Gasteiger partial charge on any atom is -0.372 e. The molecule has 1 fully saturated rings. The van der Waals surface area contributed by atoms with E-state index in [9.17, 15) is 14.0 Å². The summed E-state index contributed by atoms with van der Waals surface area (Å²) in [6.45, 7) is 4.82. The van der Waals surface area contributed by atoms with E-state index < -0.39 is 11.7 Å². The highest BCUT2D eigenvalue weighted by atomic mass is 32.1. The van der Waals surface area contributed by atoms with E-state index in [2.05, 4.69) is 10.3 Å². The first-order chi connectivity index (χ1) is 11.9. The Morgan fingerprint density at radius 3 is 2.64 bits per heavy atom. The minimum atomic E-state index is -0.607. The minimum absolute atomic E-state index is 0.0356. The van der Waals surface area contributed by atoms with Crippen molar-refractivity contribution in [2.75, 3.05) is 18.4 Å². The van der Waals surface area contributed by atoms with E-state index in [1.165, 1.54) is 18.2 Å². The van der Waals surface area contributed by atoms with Gasteiger partial charge in [0.2, 0.25) is 0 Å². The number of rotatable bonds is 3. The van der Waals surface area contributed by atoms with Crippen LogP contribution in [0.1, 0.15) is 34.7 Å². The molecule has 0 spiro atoms. The number of aromatic nitrogens is 1. The van der Waals surface area contributed by atoms with Crippen molar-refractivity contribution in [2.45, 2.75) is 26.1 Å². The molecule has 1 N–H and O–H groups in total. The summed E-state index contributed by atoms with van der Waals surface area (Å²) in [5.41, 5.74) is 0.191. The van der Waals surface area contributed by atoms with Crippen LogP contribution >= 0.6 is 11.3 Å². The fourth-order valence-electron chi connectivity index (χ4n) is 2.74. The quantitative estimate of drug-likeness (QED) is 0.910. The molecule has 132 valence electrons. The number of morpholine rings is 1. The summed E-state index contributed by atoms with van der Waals surface area (Å²) in [4.78, 5) is 30.5. The first-order valence-electron chi connectivity index (χ1n) is 7.90. The largest absolute Gasteiger partial charge is 0.372 e. The van der Waals surface area contributed by atoms with Crippen LogP contribution in [0.4, 0.5) is 9.52 Å². The van der Waals surface area contributed by atoms with Crippen molar-refractivity contribution in [3.8, 4) is 0 Å². The fourth-order valence-corrected chi connectivity index (χ4v) is 3.42. The summed E-state index contributed by atoms with van der Waals surface area (Å²) in [7, 11) is 0. The van der Waals surface area contributed by atoms with Crippen molar-refractivity contribution in [1.29, 1.82) is 0 Å². The van der Waals surface area contributed by atoms with Crippen LogP contribution in [0.2, 0.25) is 0 Å². The Kier molecular flexibility index (Phi) is 5.10. The zero-order chi connectivity index (χ0) is 18.0. The van der Waals surface area contributed by atoms with E-state index in [1.807, 2.05) is 13.8 Å². The number of ether oxygens (including phenoxy) is 1. The Morgan fingerprint density at radius 2 is 1.96 bits per heavy atom. The summed E-state index contributed by atoms with van der Waals surface area (Å²) < 4.78 is 19.3. The highest BCUT2D eigenvalue weighted by Gasteiger charge is 2.28. The molecule has 0 bridgehead atoms. The van der Waals surface area contributed by atoms with Crippen molar-refractivity contribution in [3.05, 3.63) is 46.7 Å². The van der Waals surface area contributed by atoms with E-state index in [0.29, 0.717) is 13.1 Å². The number of nitrogens with one attached hydrogen (secondary N) is 1. The number of nitrogens with zero attached hydrogens (tertiary/aromatic N) is 2. The third-order valence-corrected chi connectivity index (χ3v) is 4.53. The zero-order valence-electron chi connectivity index (χ0n) is 13.9. The molecule has 2 aromatic rings. The average molecular weight is 363 g/mol. The second kappa shape index (κ2) is 7.28. The normalized spacial score (nSPS) is 20.4. The maximum absolute atomic E-state index is 13.6. The second-order valence-corrected chi connectivity index (χ2v) is 6.80. The van der Waals surface area contributed by atoms with Crippen molar-refractivity contribution >= 4 is 28.3 Å². The summed E-state index contributed by atoms with van der Waals surface area (Å²) in [6.07, 6.45) is -0.0712. The highest BCUT2D eigenvalue weighted by Crippen LogP contribution is 2.20. The lowest BCUT2D eigenvalue weighted by Crippen LogP contribution is -2.48. The molecule has 2 heterocycles. The fraction of sp³-hybridized carbons (Fsp3) is 0.353. The van der Waals surface area contributed by atoms with Crippen molar-refractivity contribution in [2.24, 2.45) is 0 Å². The third-order valence-electron chi connectivity index (χ3n) is 3.77. The van der Waals surface area contributed by atoms with Crippen molar-refractivity contribution in [1.82, 2.24) is 9.88 Å². The molecule has 8 heteroatoms. The maximum atomic E-state index is 13.6. The average Bonchev–Trinajstić information content (AvgIpc) is 3.02. The molecule has 0 unspecified atom stereocenters. The number of carbonyl (C=O) groups excluding carboxylic acids is 2. The number of hydrogen-bond donors (Lipinski definition) is 1. The number of anilines is 1. The number of hydrogen-bond acceptors (Lipinski definition) is 5. The Labute approximate surface area is 148 Å². The highest BCUT2D eigenvalue weighted by molar-refractivity contribution is 7.14. The Hall–Kier alpha value is -2.32. The molecule has 25 heavy (non-hydrogen) atoms. The van der Waals surface area contributed by atoms with Gasteiger partial charge in [-0.1, -0.05) is 12.1 Å². The number of amides is 2. The molecule has 3 rings (SSSR count). The molecule has 1 aliphatic rings. The molecule has 1 aromatic carbocycles. The van der Waals surface area contributed by atoms with Gasteiger partial charge in [0.05, 0.1) is 17.8 Å². The van der Waals surface area contributed by atoms with Gasteiger partial charge in [0.1, 0.15) is 11.5 Å². The predicted molar refractivity (Wildman–Crippen MR) is 92.4 cm³/mol. The molecule has 1 saturated heterocycles. The lowest BCUT2D eigenvalue weighted by Gasteiger charge is -2.34. The van der Waals surface area contributed by atoms with Gasteiger partial charge in [-0.25, -0.2) is 9.37 Å². The van der Waals surface area contributed by atoms with Crippen LogP contribution in [-0.2, 0) is 4.74 Å². The molecule has 6 nitrogen and oxygen atoms in total. The lowest BCUT2D eigenvalue weighted by atomic mass is 10.2. The monoisotopic (exact) mass is 363 g/mol. The van der Waals surface area contributed by atoms with Crippen LogP contribution in [-0.4, -0.2) is 47.0 Å². The van der Waals surface area contributed by atoms with Crippen LogP contribution in [0.5, 0.6) is 0 Å². The van der Waals surface area contributed by atoms with E-state index in [4.69, 9.17) is 4.74 Å². The van der Waals surface area contributed by atoms with E-state index in [0.717, 1.165) is 11.3 Å². The van der Waals surface area contributed by atoms with Gasteiger partial charge in [-0.3, -0.25) is 14.9 Å². The first kappa shape index (κ1) is 17.5. The molecule has 0 radical (unpaired) electrons. The van der Waals surface area contributed by atoms with Crippen molar-refractivity contribution in [3.63, 3.8) is 0 Å². The smallest absolute Gasteiger partial charge is 0.273 e. The zero-order valence-corrected chi connectivity index (χ0v) is 14.7. The van der Waals surface area contributed by atoms with Crippen LogP contribution in [0.3, 0.4) is 0 Å². The van der Waals surface area contributed by atoms with Crippen LogP contribution in [0.25, 0.3) is 0 Å². The lowest BCUT2D eigenvalue weighted by molar-refractivity contribution is -0.0587. The number of halogens is 1. The van der Waals surface area contributed by atoms with E-state index in [1.54, 1.807) is 16.3 Å². The van der Waals surface area contributed by atoms with E-state index >= 15 is 0 Å². The van der Waals surface area contributed by atoms with Gasteiger partial charge in [0, 0.05) is 18.5 Å². The molecule has 0 aliphatic carbocycles. The molecular weight excluding hydrogens is 345 g/mol. The SMILES string of the molecule is C[C@@H]1CN(C(=O)c2csc(NC(=O)c3ccccc3F)n2)C[C@@H](C)O1. The van der Waals surface area contributed by atoms with E-state index in [-0.39, 0.29) is 34.5 Å². The summed E-state index contributed by atoms with van der Waals surface area (Å²) in [5.74, 6) is -1.41. The molecule has 2 amide bonds. The second-order valence-electron chi connectivity index (χ2n) is 5.94. The van der Waals surface area contributed by atoms with Gasteiger partial charge in [0.15, 0.2) is 5.13 Å². The van der Waals surface area contributed by atoms with Crippen LogP contribution in [0.15, 0.2) is 29.6 Å². The molecule has 0 saturated carbocycles. The van der Waals surface area contributed by atoms with Gasteiger partial charge in [0.25, 0.3) is 11.8 Å². The Balaban J connectivity index is 1.69. The van der Waals surface area contributed by atoms with Gasteiger partial charge < -0.3 is 9.64 Å². The molecule has 1 aromatic heterocycles. The third kappa shape index (κ3) is 4.02. The molecular formula is C17H18FN3O3S. The van der Waals surface area contributed by atoms with Crippen LogP contribution in [0, 0.1) is 5.82 Å². The standard InChI is InChI=1S/C17H18FN3O3S/c1-10-7-21(8-11(2)24-10)16(23)14-9-25-17(19-14)20-15(22)12-5-3-4-6-13(12)18/h3-6,9-11H,7-8H2,1-2H3,(H,19,20,22)/t10-,11-/m1/s1. The summed E-state index contributed by atoms with van der Waals surface area (Å²) in [6, 6.07) is 5.69. The first-order valence-corrected chi connectivity index (χ1v) is 8.78. The number of benzene rings is 1. The summed E-state index contributed by atoms with van der Waals surface area (Å²) >= 11 is 1.13. The maximum Gasteiger partial charge on any atom is 0.273 e. The van der Waals surface area contributed by atoms with Gasteiger partial charge in [-0.05, 0) is 26.0 Å².